The zero-order valence-electron chi connectivity index (χ0n) is 14.2. The van der Waals surface area contributed by atoms with Crippen LogP contribution >= 0.6 is 11.6 Å². The van der Waals surface area contributed by atoms with E-state index in [0.29, 0.717) is 27.9 Å². The second-order valence-electron chi connectivity index (χ2n) is 7.18. The van der Waals surface area contributed by atoms with Crippen molar-refractivity contribution < 1.29 is 4.79 Å². The summed E-state index contributed by atoms with van der Waals surface area (Å²) in [5.74, 6) is 0.665. The lowest BCUT2D eigenvalue weighted by Crippen LogP contribution is -2.51. The summed E-state index contributed by atoms with van der Waals surface area (Å²) in [6.07, 6.45) is 8.55. The Morgan fingerprint density at radius 3 is 2.88 bits per heavy atom. The van der Waals surface area contributed by atoms with Gasteiger partial charge in [-0.25, -0.2) is 4.98 Å². The number of carbonyl (C=O) groups excluding carboxylic acids is 1. The lowest BCUT2D eigenvalue weighted by atomic mass is 9.78. The Morgan fingerprint density at radius 1 is 1.20 bits per heavy atom. The van der Waals surface area contributed by atoms with Gasteiger partial charge in [-0.15, -0.1) is 0 Å². The highest BCUT2D eigenvalue weighted by atomic mass is 35.5. The number of benzene rings is 1. The third kappa shape index (κ3) is 3.17. The number of aromatic nitrogens is 2. The number of rotatable bonds is 2. The zero-order chi connectivity index (χ0) is 17.4. The molecule has 1 aromatic carbocycles. The molecular formula is C19H22ClN3O2. The summed E-state index contributed by atoms with van der Waals surface area (Å²) in [6.45, 7) is 0.860. The fourth-order valence-electron chi connectivity index (χ4n) is 4.41. The second kappa shape index (κ2) is 6.79. The van der Waals surface area contributed by atoms with Crippen molar-refractivity contribution in [2.24, 2.45) is 5.92 Å². The fourth-order valence-corrected chi connectivity index (χ4v) is 4.59. The lowest BCUT2D eigenvalue weighted by molar-refractivity contribution is -0.138. The molecule has 1 aromatic heterocycles. The lowest BCUT2D eigenvalue weighted by Gasteiger charge is -2.44. The largest absolute Gasteiger partial charge is 0.338 e. The molecule has 2 fully saturated rings. The van der Waals surface area contributed by atoms with Crippen molar-refractivity contribution in [3.05, 3.63) is 39.9 Å². The summed E-state index contributed by atoms with van der Waals surface area (Å²) in [5.41, 5.74) is 0.390. The van der Waals surface area contributed by atoms with Crippen LogP contribution in [0.1, 0.15) is 38.5 Å². The Hall–Kier alpha value is -1.88. The van der Waals surface area contributed by atoms with Crippen LogP contribution in [0.15, 0.2) is 29.3 Å². The van der Waals surface area contributed by atoms with Crippen molar-refractivity contribution in [2.75, 3.05) is 6.54 Å². The third-order valence-electron chi connectivity index (χ3n) is 5.66. The second-order valence-corrected chi connectivity index (χ2v) is 7.62. The van der Waals surface area contributed by atoms with E-state index in [1.54, 1.807) is 18.2 Å². The number of halogens is 1. The zero-order valence-corrected chi connectivity index (χ0v) is 14.9. The number of fused-ring (bicyclic) bond motifs is 2. The summed E-state index contributed by atoms with van der Waals surface area (Å²) in [4.78, 5) is 31.9. The van der Waals surface area contributed by atoms with Gasteiger partial charge in [-0.3, -0.25) is 14.2 Å². The van der Waals surface area contributed by atoms with Gasteiger partial charge in [0.15, 0.2) is 0 Å². The molecule has 4 rings (SSSR count). The number of hydrogen-bond donors (Lipinski definition) is 0. The molecule has 1 saturated carbocycles. The normalized spacial score (nSPS) is 23.5. The minimum absolute atomic E-state index is 0.0295. The van der Waals surface area contributed by atoms with Gasteiger partial charge in [-0.1, -0.05) is 24.4 Å². The first-order valence-corrected chi connectivity index (χ1v) is 9.45. The maximum atomic E-state index is 12.9. The molecule has 5 nitrogen and oxygen atoms in total. The van der Waals surface area contributed by atoms with Gasteiger partial charge in [0.1, 0.15) is 6.54 Å². The van der Waals surface area contributed by atoms with Gasteiger partial charge in [0.05, 0.1) is 17.2 Å². The van der Waals surface area contributed by atoms with Gasteiger partial charge in [-0.2, -0.15) is 0 Å². The smallest absolute Gasteiger partial charge is 0.261 e. The number of carbonyl (C=O) groups is 1. The van der Waals surface area contributed by atoms with E-state index in [9.17, 15) is 9.59 Å². The van der Waals surface area contributed by atoms with Crippen LogP contribution in [0, 0.1) is 5.92 Å². The summed E-state index contributed by atoms with van der Waals surface area (Å²) in [5, 5.41) is 0.952. The SMILES string of the molecule is O=C(Cn1cnc2ccc(Cl)cc2c1=O)N1CCC[C@H]2CCCC[C@H]21. The number of amides is 1. The Kier molecular flexibility index (Phi) is 4.50. The molecule has 0 N–H and O–H groups in total. The van der Waals surface area contributed by atoms with E-state index in [-0.39, 0.29) is 18.0 Å². The predicted octanol–water partition coefficient (Wildman–Crippen LogP) is 3.23. The molecule has 1 aliphatic carbocycles. The van der Waals surface area contributed by atoms with Crippen molar-refractivity contribution in [1.29, 1.82) is 0 Å². The van der Waals surface area contributed by atoms with Crippen molar-refractivity contribution in [3.8, 4) is 0 Å². The molecule has 0 bridgehead atoms. The standard InChI is InChI=1S/C19H22ClN3O2/c20-14-7-8-16-15(10-14)19(25)22(12-21-16)11-18(24)23-9-3-5-13-4-1-2-6-17(13)23/h7-8,10,12-13,17H,1-6,9,11H2/t13-,17-/m1/s1. The molecule has 2 aromatic rings. The highest BCUT2D eigenvalue weighted by Crippen LogP contribution is 2.35. The Bertz CT molecular complexity index is 861. The van der Waals surface area contributed by atoms with Gasteiger partial charge >= 0.3 is 0 Å². The summed E-state index contributed by atoms with van der Waals surface area (Å²) in [6, 6.07) is 5.41. The van der Waals surface area contributed by atoms with Crippen LogP contribution in [0.3, 0.4) is 0 Å². The molecule has 132 valence electrons. The number of piperidine rings is 1. The Balaban J connectivity index is 1.59. The summed E-state index contributed by atoms with van der Waals surface area (Å²) >= 11 is 6.00. The summed E-state index contributed by atoms with van der Waals surface area (Å²) < 4.78 is 1.41. The number of hydrogen-bond acceptors (Lipinski definition) is 3. The van der Waals surface area contributed by atoms with Crippen LogP contribution in [0.2, 0.25) is 5.02 Å². The first-order valence-electron chi connectivity index (χ1n) is 9.07. The van der Waals surface area contributed by atoms with Crippen LogP contribution in [0.4, 0.5) is 0 Å². The monoisotopic (exact) mass is 359 g/mol. The molecule has 0 radical (unpaired) electrons. The van der Waals surface area contributed by atoms with Crippen LogP contribution < -0.4 is 5.56 Å². The predicted molar refractivity (Wildman–Crippen MR) is 97.7 cm³/mol. The van der Waals surface area contributed by atoms with Crippen LogP contribution in [0.25, 0.3) is 10.9 Å². The highest BCUT2D eigenvalue weighted by molar-refractivity contribution is 6.31. The van der Waals surface area contributed by atoms with E-state index < -0.39 is 0 Å². The summed E-state index contributed by atoms with van der Waals surface area (Å²) in [7, 11) is 0. The van der Waals surface area contributed by atoms with E-state index in [1.807, 2.05) is 4.90 Å². The van der Waals surface area contributed by atoms with Gasteiger partial charge in [-0.05, 0) is 49.8 Å². The highest BCUT2D eigenvalue weighted by Gasteiger charge is 2.35. The average Bonchev–Trinajstić information content (AvgIpc) is 2.64. The first-order chi connectivity index (χ1) is 12.1. The molecule has 1 aliphatic heterocycles. The average molecular weight is 360 g/mol. The molecule has 0 unspecified atom stereocenters. The fraction of sp³-hybridized carbons (Fsp3) is 0.526. The molecule has 2 aliphatic rings. The Labute approximate surface area is 151 Å². The number of nitrogens with zero attached hydrogens (tertiary/aromatic N) is 3. The Morgan fingerprint density at radius 2 is 2.00 bits per heavy atom. The van der Waals surface area contributed by atoms with E-state index in [0.717, 1.165) is 19.4 Å². The van der Waals surface area contributed by atoms with Gasteiger partial charge in [0.25, 0.3) is 5.56 Å². The molecular weight excluding hydrogens is 338 g/mol. The van der Waals surface area contributed by atoms with E-state index >= 15 is 0 Å². The molecule has 1 saturated heterocycles. The van der Waals surface area contributed by atoms with Gasteiger partial charge < -0.3 is 4.90 Å². The number of likely N-dealkylation sites (tertiary alicyclic amines) is 1. The van der Waals surface area contributed by atoms with Crippen LogP contribution in [-0.4, -0.2) is 32.9 Å². The van der Waals surface area contributed by atoms with E-state index in [2.05, 4.69) is 4.98 Å². The quantitative estimate of drug-likeness (QED) is 0.827. The van der Waals surface area contributed by atoms with Crippen molar-refractivity contribution >= 4 is 28.4 Å². The van der Waals surface area contributed by atoms with Crippen molar-refractivity contribution in [2.45, 2.75) is 51.1 Å². The molecule has 2 atom stereocenters. The molecule has 25 heavy (non-hydrogen) atoms. The maximum Gasteiger partial charge on any atom is 0.261 e. The minimum atomic E-state index is -0.210. The van der Waals surface area contributed by atoms with Crippen LogP contribution in [-0.2, 0) is 11.3 Å². The topological polar surface area (TPSA) is 55.2 Å². The van der Waals surface area contributed by atoms with Gasteiger partial charge in [0, 0.05) is 17.6 Å². The van der Waals surface area contributed by atoms with Crippen molar-refractivity contribution in [1.82, 2.24) is 14.5 Å². The molecule has 6 heteroatoms. The van der Waals surface area contributed by atoms with Crippen LogP contribution in [0.5, 0.6) is 0 Å². The van der Waals surface area contributed by atoms with Crippen molar-refractivity contribution in [3.63, 3.8) is 0 Å². The molecule has 0 spiro atoms. The minimum Gasteiger partial charge on any atom is -0.338 e. The first kappa shape index (κ1) is 16.6. The van der Waals surface area contributed by atoms with E-state index in [4.69, 9.17) is 11.6 Å². The van der Waals surface area contributed by atoms with E-state index in [1.165, 1.54) is 36.6 Å². The third-order valence-corrected chi connectivity index (χ3v) is 5.89. The maximum absolute atomic E-state index is 12.9. The molecule has 2 heterocycles. The molecule has 1 amide bonds. The van der Waals surface area contributed by atoms with Gasteiger partial charge in [0.2, 0.25) is 5.91 Å².